The molecule has 0 spiro atoms. The smallest absolute Gasteiger partial charge is 0.270 e. The highest BCUT2D eigenvalue weighted by atomic mass is 16.6. The third kappa shape index (κ3) is 3.96. The Morgan fingerprint density at radius 2 is 2.26 bits per heavy atom. The Kier molecular flexibility index (Phi) is 4.79. The highest BCUT2D eigenvalue weighted by molar-refractivity contribution is 6.09. The van der Waals surface area contributed by atoms with Crippen LogP contribution in [0.1, 0.15) is 25.8 Å². The van der Waals surface area contributed by atoms with E-state index in [2.05, 4.69) is 21.1 Å². The van der Waals surface area contributed by atoms with Crippen LogP contribution in [0.5, 0.6) is 0 Å². The number of nitro groups is 1. The SMILES string of the molecule is CC1=NNC(=O)[C@H]1CC(=O)N/N=C(\C)c1cccc([N+](=O)[O-])c1. The van der Waals surface area contributed by atoms with E-state index in [1.165, 1.54) is 18.2 Å². The molecule has 0 saturated carbocycles. The predicted octanol–water partition coefficient (Wildman–Crippen LogP) is 0.947. The van der Waals surface area contributed by atoms with Gasteiger partial charge in [0.15, 0.2) is 0 Å². The summed E-state index contributed by atoms with van der Waals surface area (Å²) < 4.78 is 0. The van der Waals surface area contributed by atoms with E-state index in [1.807, 2.05) is 0 Å². The number of nitrogens with one attached hydrogen (secondary N) is 2. The zero-order valence-electron chi connectivity index (χ0n) is 12.6. The van der Waals surface area contributed by atoms with E-state index < -0.39 is 16.7 Å². The van der Waals surface area contributed by atoms with Crippen LogP contribution in [0, 0.1) is 16.0 Å². The van der Waals surface area contributed by atoms with Crippen LogP contribution in [-0.2, 0) is 9.59 Å². The molecule has 2 rings (SSSR count). The molecule has 0 bridgehead atoms. The van der Waals surface area contributed by atoms with Crippen molar-refractivity contribution < 1.29 is 14.5 Å². The fraction of sp³-hybridized carbons (Fsp3) is 0.286. The lowest BCUT2D eigenvalue weighted by molar-refractivity contribution is -0.384. The van der Waals surface area contributed by atoms with Crippen LogP contribution >= 0.6 is 0 Å². The molecule has 23 heavy (non-hydrogen) atoms. The summed E-state index contributed by atoms with van der Waals surface area (Å²) in [6.45, 7) is 3.28. The third-order valence-corrected chi connectivity index (χ3v) is 3.38. The maximum Gasteiger partial charge on any atom is 0.270 e. The summed E-state index contributed by atoms with van der Waals surface area (Å²) in [5.74, 6) is -1.35. The van der Waals surface area contributed by atoms with Gasteiger partial charge in [0.2, 0.25) is 11.8 Å². The fourth-order valence-electron chi connectivity index (χ4n) is 2.02. The first-order valence-corrected chi connectivity index (χ1v) is 6.80. The standard InChI is InChI=1S/C14H15N5O4/c1-8(10-4-3-5-11(6-10)19(22)23)15-17-13(20)7-12-9(2)16-18-14(12)21/h3-6,12H,7H2,1-2H3,(H,17,20)(H,18,21)/b15-8+/t12-/m0/s1. The number of benzene rings is 1. The average molecular weight is 317 g/mol. The van der Waals surface area contributed by atoms with Crippen LogP contribution < -0.4 is 10.9 Å². The first kappa shape index (κ1) is 16.3. The highest BCUT2D eigenvalue weighted by Crippen LogP contribution is 2.14. The molecule has 1 aliphatic heterocycles. The molecule has 2 amide bonds. The summed E-state index contributed by atoms with van der Waals surface area (Å²) in [6, 6.07) is 5.93. The molecule has 1 aromatic rings. The number of amides is 2. The molecule has 1 aromatic carbocycles. The Balaban J connectivity index is 2.00. The molecule has 0 fully saturated rings. The van der Waals surface area contributed by atoms with Crippen molar-refractivity contribution >= 4 is 28.9 Å². The van der Waals surface area contributed by atoms with Gasteiger partial charge < -0.3 is 0 Å². The van der Waals surface area contributed by atoms with Gasteiger partial charge in [-0.05, 0) is 13.8 Å². The van der Waals surface area contributed by atoms with Crippen LogP contribution in [0.2, 0.25) is 0 Å². The number of carbonyl (C=O) groups excluding carboxylic acids is 2. The van der Waals surface area contributed by atoms with Crippen LogP contribution in [0.15, 0.2) is 34.5 Å². The number of hydrogen-bond donors (Lipinski definition) is 2. The zero-order valence-corrected chi connectivity index (χ0v) is 12.6. The van der Waals surface area contributed by atoms with Gasteiger partial charge in [0.05, 0.1) is 16.6 Å². The lowest BCUT2D eigenvalue weighted by Crippen LogP contribution is -2.29. The van der Waals surface area contributed by atoms with Gasteiger partial charge in [-0.3, -0.25) is 19.7 Å². The number of hydrogen-bond acceptors (Lipinski definition) is 6. The molecule has 9 heteroatoms. The minimum Gasteiger partial charge on any atom is -0.273 e. The van der Waals surface area contributed by atoms with Crippen molar-refractivity contribution in [1.82, 2.24) is 10.9 Å². The molecule has 0 unspecified atom stereocenters. The second-order valence-corrected chi connectivity index (χ2v) is 5.03. The average Bonchev–Trinajstić information content (AvgIpc) is 2.84. The molecule has 0 aliphatic carbocycles. The molecule has 9 nitrogen and oxygen atoms in total. The number of non-ortho nitro benzene ring substituents is 1. The van der Waals surface area contributed by atoms with E-state index in [9.17, 15) is 19.7 Å². The molecule has 1 aliphatic rings. The first-order valence-electron chi connectivity index (χ1n) is 6.80. The summed E-state index contributed by atoms with van der Waals surface area (Å²) in [4.78, 5) is 33.6. The molecule has 0 aromatic heterocycles. The number of nitro benzene ring substituents is 1. The van der Waals surface area contributed by atoms with Crippen molar-refractivity contribution in [3.05, 3.63) is 39.9 Å². The maximum absolute atomic E-state index is 11.8. The van der Waals surface area contributed by atoms with Crippen molar-refractivity contribution in [1.29, 1.82) is 0 Å². The molecule has 1 atom stereocenters. The largest absolute Gasteiger partial charge is 0.273 e. The topological polar surface area (TPSA) is 126 Å². The van der Waals surface area contributed by atoms with Crippen molar-refractivity contribution in [3.63, 3.8) is 0 Å². The van der Waals surface area contributed by atoms with Crippen molar-refractivity contribution in [2.75, 3.05) is 0 Å². The van der Waals surface area contributed by atoms with E-state index in [0.29, 0.717) is 17.0 Å². The highest BCUT2D eigenvalue weighted by Gasteiger charge is 2.29. The maximum atomic E-state index is 11.8. The minimum absolute atomic E-state index is 0.0576. The first-order chi connectivity index (χ1) is 10.9. The third-order valence-electron chi connectivity index (χ3n) is 3.38. The van der Waals surface area contributed by atoms with E-state index in [-0.39, 0.29) is 18.0 Å². The summed E-state index contributed by atoms with van der Waals surface area (Å²) in [7, 11) is 0. The molecular weight excluding hydrogens is 302 g/mol. The summed E-state index contributed by atoms with van der Waals surface area (Å²) in [5, 5.41) is 18.4. The number of nitrogens with zero attached hydrogens (tertiary/aromatic N) is 3. The van der Waals surface area contributed by atoms with Crippen LogP contribution in [0.3, 0.4) is 0 Å². The predicted molar refractivity (Wildman–Crippen MR) is 82.8 cm³/mol. The van der Waals surface area contributed by atoms with Crippen LogP contribution in [-0.4, -0.2) is 28.2 Å². The number of carbonyl (C=O) groups is 2. The van der Waals surface area contributed by atoms with Gasteiger partial charge in [0.25, 0.3) is 5.69 Å². The summed E-state index contributed by atoms with van der Waals surface area (Å²) in [6.07, 6.45) is -0.0626. The Morgan fingerprint density at radius 1 is 1.52 bits per heavy atom. The van der Waals surface area contributed by atoms with Gasteiger partial charge >= 0.3 is 0 Å². The van der Waals surface area contributed by atoms with Gasteiger partial charge in [0, 0.05) is 29.8 Å². The zero-order chi connectivity index (χ0) is 17.0. The van der Waals surface area contributed by atoms with E-state index >= 15 is 0 Å². The number of hydrazone groups is 2. The normalized spacial score (nSPS) is 17.5. The van der Waals surface area contributed by atoms with Gasteiger partial charge in [-0.15, -0.1) is 0 Å². The molecule has 1 heterocycles. The van der Waals surface area contributed by atoms with E-state index in [1.54, 1.807) is 19.9 Å². The summed E-state index contributed by atoms with van der Waals surface area (Å²) in [5.41, 5.74) is 6.08. The minimum atomic E-state index is -0.594. The Morgan fingerprint density at radius 3 is 2.87 bits per heavy atom. The molecule has 0 radical (unpaired) electrons. The van der Waals surface area contributed by atoms with Gasteiger partial charge in [-0.2, -0.15) is 10.2 Å². The van der Waals surface area contributed by atoms with Crippen molar-refractivity contribution in [2.24, 2.45) is 16.1 Å². The fourth-order valence-corrected chi connectivity index (χ4v) is 2.02. The quantitative estimate of drug-likeness (QED) is 0.476. The molecular formula is C14H15N5O4. The second-order valence-electron chi connectivity index (χ2n) is 5.03. The Hall–Kier alpha value is -3.10. The second kappa shape index (κ2) is 6.77. The van der Waals surface area contributed by atoms with Crippen molar-refractivity contribution in [3.8, 4) is 0 Å². The lowest BCUT2D eigenvalue weighted by Gasteiger charge is -2.07. The van der Waals surface area contributed by atoms with Crippen molar-refractivity contribution in [2.45, 2.75) is 20.3 Å². The van der Waals surface area contributed by atoms with E-state index in [0.717, 1.165) is 0 Å². The van der Waals surface area contributed by atoms with Gasteiger partial charge in [0.1, 0.15) is 0 Å². The molecule has 120 valence electrons. The van der Waals surface area contributed by atoms with Gasteiger partial charge in [-0.1, -0.05) is 12.1 Å². The Bertz CT molecular complexity index is 726. The summed E-state index contributed by atoms with van der Waals surface area (Å²) >= 11 is 0. The Labute approximate surface area is 131 Å². The van der Waals surface area contributed by atoms with Crippen LogP contribution in [0.25, 0.3) is 0 Å². The van der Waals surface area contributed by atoms with Crippen LogP contribution in [0.4, 0.5) is 5.69 Å². The molecule has 0 saturated heterocycles. The van der Waals surface area contributed by atoms with Gasteiger partial charge in [-0.25, -0.2) is 10.9 Å². The van der Waals surface area contributed by atoms with E-state index in [4.69, 9.17) is 0 Å². The number of rotatable bonds is 5. The monoisotopic (exact) mass is 317 g/mol. The lowest BCUT2D eigenvalue weighted by atomic mass is 10.0. The molecule has 2 N–H and O–H groups in total.